The minimum atomic E-state index is -0.139. The SMILES string of the molecule is COc1nc2ccccc2nc1-c1ccccc1NC(C)=O. The van der Waals surface area contributed by atoms with E-state index in [1.165, 1.54) is 6.92 Å². The Bertz CT molecular complexity index is 846. The quantitative estimate of drug-likeness (QED) is 0.805. The van der Waals surface area contributed by atoms with Crippen molar-refractivity contribution in [3.8, 4) is 17.1 Å². The Balaban J connectivity index is 2.23. The van der Waals surface area contributed by atoms with Crippen LogP contribution in [0.2, 0.25) is 0 Å². The number of nitrogens with zero attached hydrogens (tertiary/aromatic N) is 2. The van der Waals surface area contributed by atoms with Crippen molar-refractivity contribution in [2.45, 2.75) is 6.92 Å². The zero-order valence-electron chi connectivity index (χ0n) is 12.3. The number of carbonyl (C=O) groups is 1. The number of ether oxygens (including phenoxy) is 1. The molecule has 0 radical (unpaired) electrons. The Morgan fingerprint density at radius 2 is 1.64 bits per heavy atom. The number of anilines is 1. The zero-order valence-corrected chi connectivity index (χ0v) is 12.3. The molecule has 5 nitrogen and oxygen atoms in total. The Morgan fingerprint density at radius 1 is 1.00 bits per heavy atom. The summed E-state index contributed by atoms with van der Waals surface area (Å²) in [6, 6.07) is 15.0. The third kappa shape index (κ3) is 2.61. The molecule has 0 fully saturated rings. The summed E-state index contributed by atoms with van der Waals surface area (Å²) in [7, 11) is 1.56. The van der Waals surface area contributed by atoms with E-state index in [0.717, 1.165) is 16.6 Å². The van der Waals surface area contributed by atoms with Crippen molar-refractivity contribution in [3.63, 3.8) is 0 Å². The lowest BCUT2D eigenvalue weighted by atomic mass is 10.1. The van der Waals surface area contributed by atoms with Crippen LogP contribution in [0.1, 0.15) is 6.92 Å². The fourth-order valence-corrected chi connectivity index (χ4v) is 2.29. The van der Waals surface area contributed by atoms with Crippen molar-refractivity contribution in [2.75, 3.05) is 12.4 Å². The summed E-state index contributed by atoms with van der Waals surface area (Å²) < 4.78 is 5.38. The summed E-state index contributed by atoms with van der Waals surface area (Å²) in [5.41, 5.74) is 3.59. The molecule has 0 saturated carbocycles. The highest BCUT2D eigenvalue weighted by Crippen LogP contribution is 2.33. The van der Waals surface area contributed by atoms with Gasteiger partial charge in [0.2, 0.25) is 11.8 Å². The maximum atomic E-state index is 11.4. The molecule has 3 rings (SSSR count). The Kier molecular flexibility index (Phi) is 3.70. The minimum absolute atomic E-state index is 0.139. The second-order valence-electron chi connectivity index (χ2n) is 4.80. The molecule has 0 atom stereocenters. The maximum absolute atomic E-state index is 11.4. The standard InChI is InChI=1S/C17H15N3O2/c1-11(21)18-13-8-4-3-7-12(13)16-17(22-2)20-15-10-6-5-9-14(15)19-16/h3-10H,1-2H3,(H,18,21). The van der Waals surface area contributed by atoms with E-state index in [4.69, 9.17) is 4.74 Å². The van der Waals surface area contributed by atoms with Crippen LogP contribution in [0, 0.1) is 0 Å². The first-order valence-electron chi connectivity index (χ1n) is 6.87. The first-order chi connectivity index (χ1) is 10.7. The molecule has 110 valence electrons. The second kappa shape index (κ2) is 5.81. The van der Waals surface area contributed by atoms with Gasteiger partial charge in [-0.3, -0.25) is 4.79 Å². The highest BCUT2D eigenvalue weighted by Gasteiger charge is 2.15. The zero-order chi connectivity index (χ0) is 15.5. The van der Waals surface area contributed by atoms with Gasteiger partial charge in [0.25, 0.3) is 0 Å². The van der Waals surface area contributed by atoms with Crippen molar-refractivity contribution in [2.24, 2.45) is 0 Å². The third-order valence-electron chi connectivity index (χ3n) is 3.22. The number of methoxy groups -OCH3 is 1. The molecule has 1 aromatic heterocycles. The van der Waals surface area contributed by atoms with E-state index in [1.54, 1.807) is 7.11 Å². The number of carbonyl (C=O) groups excluding carboxylic acids is 1. The van der Waals surface area contributed by atoms with Gasteiger partial charge in [-0.25, -0.2) is 9.97 Å². The lowest BCUT2D eigenvalue weighted by Gasteiger charge is -2.12. The summed E-state index contributed by atoms with van der Waals surface area (Å²) in [4.78, 5) is 20.5. The molecule has 0 aliphatic rings. The number of para-hydroxylation sites is 3. The first kappa shape index (κ1) is 14.0. The molecule has 0 spiro atoms. The van der Waals surface area contributed by atoms with Crippen LogP contribution >= 0.6 is 0 Å². The molecule has 5 heteroatoms. The predicted molar refractivity (Wildman–Crippen MR) is 85.8 cm³/mol. The van der Waals surface area contributed by atoms with Gasteiger partial charge in [0.1, 0.15) is 5.69 Å². The average molecular weight is 293 g/mol. The van der Waals surface area contributed by atoms with Gasteiger partial charge in [-0.05, 0) is 18.2 Å². The van der Waals surface area contributed by atoms with Gasteiger partial charge in [-0.15, -0.1) is 0 Å². The van der Waals surface area contributed by atoms with Gasteiger partial charge in [-0.1, -0.05) is 30.3 Å². The largest absolute Gasteiger partial charge is 0.479 e. The molecule has 1 heterocycles. The smallest absolute Gasteiger partial charge is 0.241 e. The minimum Gasteiger partial charge on any atom is -0.479 e. The first-order valence-corrected chi connectivity index (χ1v) is 6.87. The van der Waals surface area contributed by atoms with Gasteiger partial charge in [-0.2, -0.15) is 0 Å². The van der Waals surface area contributed by atoms with Crippen molar-refractivity contribution >= 4 is 22.6 Å². The number of benzene rings is 2. The fourth-order valence-electron chi connectivity index (χ4n) is 2.29. The van der Waals surface area contributed by atoms with Crippen LogP contribution in [-0.4, -0.2) is 23.0 Å². The van der Waals surface area contributed by atoms with E-state index in [0.29, 0.717) is 17.3 Å². The average Bonchev–Trinajstić information content (AvgIpc) is 2.53. The van der Waals surface area contributed by atoms with Crippen LogP contribution in [0.4, 0.5) is 5.69 Å². The molecule has 0 aliphatic carbocycles. The van der Waals surface area contributed by atoms with Gasteiger partial charge in [0, 0.05) is 12.5 Å². The number of rotatable bonds is 3. The molecule has 2 aromatic carbocycles. The normalized spacial score (nSPS) is 10.5. The van der Waals surface area contributed by atoms with Gasteiger partial charge in [0.15, 0.2) is 0 Å². The number of nitrogens with one attached hydrogen (secondary N) is 1. The van der Waals surface area contributed by atoms with Crippen molar-refractivity contribution < 1.29 is 9.53 Å². The summed E-state index contributed by atoms with van der Waals surface area (Å²) >= 11 is 0. The van der Waals surface area contributed by atoms with E-state index in [9.17, 15) is 4.79 Å². The van der Waals surface area contributed by atoms with E-state index < -0.39 is 0 Å². The molecular formula is C17H15N3O2. The fraction of sp³-hybridized carbons (Fsp3) is 0.118. The molecule has 1 N–H and O–H groups in total. The van der Waals surface area contributed by atoms with E-state index in [2.05, 4.69) is 15.3 Å². The van der Waals surface area contributed by atoms with Crippen LogP contribution in [0.25, 0.3) is 22.3 Å². The van der Waals surface area contributed by atoms with Gasteiger partial charge < -0.3 is 10.1 Å². The Hall–Kier alpha value is -2.95. The Labute approximate surface area is 128 Å². The van der Waals surface area contributed by atoms with E-state index >= 15 is 0 Å². The van der Waals surface area contributed by atoms with Gasteiger partial charge in [0.05, 0.1) is 23.8 Å². The maximum Gasteiger partial charge on any atom is 0.241 e. The highest BCUT2D eigenvalue weighted by atomic mass is 16.5. The van der Waals surface area contributed by atoms with Crippen molar-refractivity contribution in [1.82, 2.24) is 9.97 Å². The summed E-state index contributed by atoms with van der Waals surface area (Å²) in [5.74, 6) is 0.289. The van der Waals surface area contributed by atoms with Crippen LogP contribution in [0.3, 0.4) is 0 Å². The van der Waals surface area contributed by atoms with Gasteiger partial charge >= 0.3 is 0 Å². The summed E-state index contributed by atoms with van der Waals surface area (Å²) in [6.07, 6.45) is 0. The molecule has 0 saturated heterocycles. The summed E-state index contributed by atoms with van der Waals surface area (Å²) in [5, 5.41) is 2.81. The predicted octanol–water partition coefficient (Wildman–Crippen LogP) is 3.26. The van der Waals surface area contributed by atoms with E-state index in [-0.39, 0.29) is 5.91 Å². The van der Waals surface area contributed by atoms with Crippen molar-refractivity contribution in [1.29, 1.82) is 0 Å². The monoisotopic (exact) mass is 293 g/mol. The number of aromatic nitrogens is 2. The lowest BCUT2D eigenvalue weighted by molar-refractivity contribution is -0.114. The number of fused-ring (bicyclic) bond motifs is 1. The highest BCUT2D eigenvalue weighted by molar-refractivity contribution is 5.94. The lowest BCUT2D eigenvalue weighted by Crippen LogP contribution is -2.07. The molecule has 1 amide bonds. The summed E-state index contributed by atoms with van der Waals surface area (Å²) in [6.45, 7) is 1.47. The topological polar surface area (TPSA) is 64.1 Å². The molecule has 3 aromatic rings. The third-order valence-corrected chi connectivity index (χ3v) is 3.22. The number of hydrogen-bond donors (Lipinski definition) is 1. The number of hydrogen-bond acceptors (Lipinski definition) is 4. The second-order valence-corrected chi connectivity index (χ2v) is 4.80. The molecule has 0 aliphatic heterocycles. The molecule has 0 unspecified atom stereocenters. The molecular weight excluding hydrogens is 278 g/mol. The number of amides is 1. The van der Waals surface area contributed by atoms with Crippen LogP contribution in [0.5, 0.6) is 5.88 Å². The molecule has 22 heavy (non-hydrogen) atoms. The van der Waals surface area contributed by atoms with E-state index in [1.807, 2.05) is 48.5 Å². The Morgan fingerprint density at radius 3 is 2.32 bits per heavy atom. The van der Waals surface area contributed by atoms with Crippen LogP contribution in [-0.2, 0) is 4.79 Å². The molecule has 0 bridgehead atoms. The van der Waals surface area contributed by atoms with Crippen molar-refractivity contribution in [3.05, 3.63) is 48.5 Å². The van der Waals surface area contributed by atoms with Crippen LogP contribution in [0.15, 0.2) is 48.5 Å². The van der Waals surface area contributed by atoms with Crippen LogP contribution < -0.4 is 10.1 Å².